The third-order valence-electron chi connectivity index (χ3n) is 3.45. The summed E-state index contributed by atoms with van der Waals surface area (Å²) in [6.45, 7) is 3.67. The minimum atomic E-state index is -0.209. The van der Waals surface area contributed by atoms with E-state index in [9.17, 15) is 4.79 Å². The highest BCUT2D eigenvalue weighted by molar-refractivity contribution is 7.98. The van der Waals surface area contributed by atoms with Crippen molar-refractivity contribution in [1.82, 2.24) is 4.98 Å². The van der Waals surface area contributed by atoms with Crippen LogP contribution in [-0.2, 0) is 10.5 Å². The van der Waals surface area contributed by atoms with Crippen LogP contribution in [0.2, 0.25) is 0 Å². The maximum atomic E-state index is 11.9. The molecular weight excluding hydrogens is 294 g/mol. The van der Waals surface area contributed by atoms with Crippen LogP contribution in [0, 0.1) is 5.92 Å². The molecule has 0 spiro atoms. The summed E-state index contributed by atoms with van der Waals surface area (Å²) in [5.41, 5.74) is 7.73. The molecular formula is C17H21N3OS. The van der Waals surface area contributed by atoms with Crippen LogP contribution >= 0.6 is 11.8 Å². The molecule has 1 heterocycles. The number of pyridine rings is 1. The second kappa shape index (κ2) is 7.96. The zero-order valence-electron chi connectivity index (χ0n) is 12.8. The van der Waals surface area contributed by atoms with Crippen LogP contribution in [-0.4, -0.2) is 16.9 Å². The van der Waals surface area contributed by atoms with Crippen molar-refractivity contribution in [2.75, 3.05) is 5.32 Å². The van der Waals surface area contributed by atoms with Gasteiger partial charge in [0, 0.05) is 34.8 Å². The Morgan fingerprint density at radius 3 is 2.59 bits per heavy atom. The molecule has 2 rings (SSSR count). The number of anilines is 1. The van der Waals surface area contributed by atoms with Crippen LogP contribution in [0.5, 0.6) is 0 Å². The van der Waals surface area contributed by atoms with Gasteiger partial charge in [0.25, 0.3) is 0 Å². The first-order valence-corrected chi connectivity index (χ1v) is 8.23. The lowest BCUT2D eigenvalue weighted by atomic mass is 10.0. The van der Waals surface area contributed by atoms with Crippen molar-refractivity contribution in [2.24, 2.45) is 11.7 Å². The monoisotopic (exact) mass is 315 g/mol. The highest BCUT2D eigenvalue weighted by Gasteiger charge is 2.16. The molecule has 2 aromatic rings. The van der Waals surface area contributed by atoms with E-state index >= 15 is 0 Å². The molecule has 2 atom stereocenters. The maximum Gasteiger partial charge on any atom is 0.228 e. The summed E-state index contributed by atoms with van der Waals surface area (Å²) in [6, 6.07) is 11.7. The van der Waals surface area contributed by atoms with Gasteiger partial charge >= 0.3 is 0 Å². The number of aromatic nitrogens is 1. The zero-order valence-corrected chi connectivity index (χ0v) is 13.6. The Balaban J connectivity index is 1.89. The first-order chi connectivity index (χ1) is 10.6. The van der Waals surface area contributed by atoms with Crippen molar-refractivity contribution in [3.8, 4) is 0 Å². The number of benzene rings is 1. The van der Waals surface area contributed by atoms with Gasteiger partial charge in [0.15, 0.2) is 0 Å². The predicted molar refractivity (Wildman–Crippen MR) is 91.7 cm³/mol. The van der Waals surface area contributed by atoms with E-state index in [1.807, 2.05) is 50.4 Å². The molecule has 1 amide bonds. The lowest BCUT2D eigenvalue weighted by molar-refractivity contribution is -0.119. The number of hydrogen-bond acceptors (Lipinski definition) is 4. The average Bonchev–Trinajstić information content (AvgIpc) is 2.54. The number of carbonyl (C=O) groups excluding carboxylic acids is 1. The molecule has 5 heteroatoms. The average molecular weight is 315 g/mol. The van der Waals surface area contributed by atoms with E-state index in [1.165, 1.54) is 5.56 Å². The van der Waals surface area contributed by atoms with E-state index in [-0.39, 0.29) is 17.9 Å². The van der Waals surface area contributed by atoms with Crippen molar-refractivity contribution in [3.05, 3.63) is 54.4 Å². The molecule has 1 aromatic carbocycles. The van der Waals surface area contributed by atoms with Gasteiger partial charge in [0.2, 0.25) is 5.91 Å². The minimum absolute atomic E-state index is 0.0502. The summed E-state index contributed by atoms with van der Waals surface area (Å²) in [6.07, 6.45) is 3.64. The molecule has 116 valence electrons. The summed E-state index contributed by atoms with van der Waals surface area (Å²) in [7, 11) is 0. The third-order valence-corrected chi connectivity index (χ3v) is 4.54. The Morgan fingerprint density at radius 1 is 1.27 bits per heavy atom. The lowest BCUT2D eigenvalue weighted by Crippen LogP contribution is -2.34. The molecule has 2 unspecified atom stereocenters. The maximum absolute atomic E-state index is 11.9. The van der Waals surface area contributed by atoms with Crippen molar-refractivity contribution in [2.45, 2.75) is 30.5 Å². The van der Waals surface area contributed by atoms with Gasteiger partial charge in [-0.05, 0) is 42.8 Å². The molecule has 4 nitrogen and oxygen atoms in total. The smallest absolute Gasteiger partial charge is 0.228 e. The number of nitrogens with two attached hydrogens (primary N) is 1. The van der Waals surface area contributed by atoms with Gasteiger partial charge < -0.3 is 11.1 Å². The highest BCUT2D eigenvalue weighted by Crippen LogP contribution is 2.24. The highest BCUT2D eigenvalue weighted by atomic mass is 32.2. The second-order valence-corrected chi connectivity index (χ2v) is 6.36. The van der Waals surface area contributed by atoms with Gasteiger partial charge in [-0.2, -0.15) is 0 Å². The Kier molecular flexibility index (Phi) is 5.98. The SMILES string of the molecule is CC(N)C(C)C(=O)Nc1ccc(SCc2cccnc2)cc1. The normalized spacial score (nSPS) is 13.4. The Labute approximate surface area is 135 Å². The van der Waals surface area contributed by atoms with Crippen LogP contribution < -0.4 is 11.1 Å². The van der Waals surface area contributed by atoms with E-state index in [0.717, 1.165) is 16.3 Å². The molecule has 0 radical (unpaired) electrons. The standard InChI is InChI=1S/C17H21N3OS/c1-12(13(2)18)17(21)20-15-5-7-16(8-6-15)22-11-14-4-3-9-19-10-14/h3-10,12-13H,11,18H2,1-2H3,(H,20,21). The molecule has 3 N–H and O–H groups in total. The van der Waals surface area contributed by atoms with Crippen molar-refractivity contribution < 1.29 is 4.79 Å². The van der Waals surface area contributed by atoms with Crippen molar-refractivity contribution in [1.29, 1.82) is 0 Å². The van der Waals surface area contributed by atoms with E-state index in [2.05, 4.69) is 16.4 Å². The molecule has 0 aliphatic carbocycles. The lowest BCUT2D eigenvalue weighted by Gasteiger charge is -2.15. The fraction of sp³-hybridized carbons (Fsp3) is 0.294. The summed E-state index contributed by atoms with van der Waals surface area (Å²) >= 11 is 1.74. The number of nitrogens with one attached hydrogen (secondary N) is 1. The Morgan fingerprint density at radius 2 is 2.00 bits per heavy atom. The molecule has 0 aliphatic heterocycles. The fourth-order valence-electron chi connectivity index (χ4n) is 1.78. The molecule has 0 bridgehead atoms. The fourth-order valence-corrected chi connectivity index (χ4v) is 2.61. The van der Waals surface area contributed by atoms with Crippen LogP contribution in [0.3, 0.4) is 0 Å². The first kappa shape index (κ1) is 16.5. The largest absolute Gasteiger partial charge is 0.327 e. The first-order valence-electron chi connectivity index (χ1n) is 7.24. The van der Waals surface area contributed by atoms with Gasteiger partial charge in [-0.25, -0.2) is 0 Å². The molecule has 22 heavy (non-hydrogen) atoms. The van der Waals surface area contributed by atoms with E-state index < -0.39 is 0 Å². The quantitative estimate of drug-likeness (QED) is 0.803. The van der Waals surface area contributed by atoms with Crippen LogP contribution in [0.25, 0.3) is 0 Å². The van der Waals surface area contributed by atoms with Crippen LogP contribution in [0.1, 0.15) is 19.4 Å². The number of thioether (sulfide) groups is 1. The second-order valence-electron chi connectivity index (χ2n) is 5.31. The number of hydrogen-bond donors (Lipinski definition) is 2. The Hall–Kier alpha value is -1.85. The molecule has 0 fully saturated rings. The van der Waals surface area contributed by atoms with Gasteiger partial charge in [0.05, 0.1) is 5.92 Å². The minimum Gasteiger partial charge on any atom is -0.327 e. The summed E-state index contributed by atoms with van der Waals surface area (Å²) in [5, 5.41) is 2.89. The van der Waals surface area contributed by atoms with E-state index in [4.69, 9.17) is 5.73 Å². The number of carbonyl (C=O) groups is 1. The van der Waals surface area contributed by atoms with Crippen molar-refractivity contribution in [3.63, 3.8) is 0 Å². The molecule has 1 aromatic heterocycles. The predicted octanol–water partition coefficient (Wildman–Crippen LogP) is 3.30. The summed E-state index contributed by atoms with van der Waals surface area (Å²) in [4.78, 5) is 17.2. The number of nitrogens with zero attached hydrogens (tertiary/aromatic N) is 1. The molecule has 0 saturated carbocycles. The van der Waals surface area contributed by atoms with E-state index in [1.54, 1.807) is 18.0 Å². The van der Waals surface area contributed by atoms with Crippen LogP contribution in [0.15, 0.2) is 53.7 Å². The topological polar surface area (TPSA) is 68.0 Å². The van der Waals surface area contributed by atoms with Gasteiger partial charge in [-0.15, -0.1) is 11.8 Å². The van der Waals surface area contributed by atoms with Crippen LogP contribution in [0.4, 0.5) is 5.69 Å². The van der Waals surface area contributed by atoms with Gasteiger partial charge in [-0.1, -0.05) is 13.0 Å². The zero-order chi connectivity index (χ0) is 15.9. The molecule has 0 aliphatic rings. The van der Waals surface area contributed by atoms with Gasteiger partial charge in [0.1, 0.15) is 0 Å². The van der Waals surface area contributed by atoms with E-state index in [0.29, 0.717) is 0 Å². The van der Waals surface area contributed by atoms with Gasteiger partial charge in [-0.3, -0.25) is 9.78 Å². The summed E-state index contributed by atoms with van der Waals surface area (Å²) in [5.74, 6) is 0.617. The Bertz CT molecular complexity index is 599. The third kappa shape index (κ3) is 4.86. The summed E-state index contributed by atoms with van der Waals surface area (Å²) < 4.78 is 0. The molecule has 0 saturated heterocycles. The van der Waals surface area contributed by atoms with Crippen molar-refractivity contribution >= 4 is 23.4 Å². The number of rotatable bonds is 6. The number of amides is 1.